The van der Waals surface area contributed by atoms with Crippen molar-refractivity contribution in [3.63, 3.8) is 0 Å². The molecule has 106 valence electrons. The van der Waals surface area contributed by atoms with E-state index < -0.39 is 0 Å². The Kier molecular flexibility index (Phi) is 4.89. The monoisotopic (exact) mass is 357 g/mol. The quantitative estimate of drug-likeness (QED) is 0.814. The second-order valence-electron chi connectivity index (χ2n) is 4.39. The summed E-state index contributed by atoms with van der Waals surface area (Å²) in [6.45, 7) is 2.28. The van der Waals surface area contributed by atoms with E-state index in [1.807, 2.05) is 19.1 Å². The van der Waals surface area contributed by atoms with Crippen LogP contribution in [-0.2, 0) is 6.54 Å². The summed E-state index contributed by atoms with van der Waals surface area (Å²) in [4.78, 5) is 0. The van der Waals surface area contributed by atoms with Crippen molar-refractivity contribution in [1.82, 2.24) is 0 Å². The minimum Gasteiger partial charge on any atom is -0.495 e. The highest BCUT2D eigenvalue weighted by atomic mass is 79.9. The third kappa shape index (κ3) is 3.44. The summed E-state index contributed by atoms with van der Waals surface area (Å²) in [5, 5.41) is 3.81. The molecule has 0 fully saturated rings. The largest absolute Gasteiger partial charge is 0.495 e. The molecule has 0 radical (unpaired) electrons. The van der Waals surface area contributed by atoms with E-state index in [1.54, 1.807) is 19.2 Å². The number of hydrogen-bond acceptors (Lipinski definition) is 2. The van der Waals surface area contributed by atoms with Crippen LogP contribution in [-0.4, -0.2) is 7.11 Å². The molecule has 0 aliphatic heterocycles. The van der Waals surface area contributed by atoms with Gasteiger partial charge in [-0.3, -0.25) is 0 Å². The van der Waals surface area contributed by atoms with E-state index >= 15 is 0 Å². The Morgan fingerprint density at radius 1 is 1.30 bits per heavy atom. The summed E-state index contributed by atoms with van der Waals surface area (Å²) in [5.41, 5.74) is 2.31. The number of anilines is 1. The van der Waals surface area contributed by atoms with Crippen LogP contribution in [0.25, 0.3) is 0 Å². The molecule has 0 saturated heterocycles. The molecule has 0 spiro atoms. The first kappa shape index (κ1) is 15.1. The van der Waals surface area contributed by atoms with Crippen molar-refractivity contribution in [2.45, 2.75) is 13.5 Å². The molecule has 0 saturated carbocycles. The summed E-state index contributed by atoms with van der Waals surface area (Å²) < 4.78 is 19.7. The summed E-state index contributed by atoms with van der Waals surface area (Å²) in [6, 6.07) is 8.63. The van der Waals surface area contributed by atoms with Crippen LogP contribution in [0.1, 0.15) is 11.1 Å². The maximum Gasteiger partial charge on any atom is 0.143 e. The Bertz CT molecular complexity index is 634. The molecule has 0 heterocycles. The zero-order valence-electron chi connectivity index (χ0n) is 11.1. The van der Waals surface area contributed by atoms with Gasteiger partial charge in [-0.25, -0.2) is 4.39 Å². The van der Waals surface area contributed by atoms with E-state index in [9.17, 15) is 4.39 Å². The zero-order valence-corrected chi connectivity index (χ0v) is 13.5. The highest BCUT2D eigenvalue weighted by Crippen LogP contribution is 2.31. The molecule has 0 aromatic heterocycles. The fraction of sp³-hybridized carbons (Fsp3) is 0.200. The molecule has 2 rings (SSSR count). The molecule has 2 nitrogen and oxygen atoms in total. The van der Waals surface area contributed by atoms with Gasteiger partial charge >= 0.3 is 0 Å². The predicted octanol–water partition coefficient (Wildman–Crippen LogP) is 5.17. The highest BCUT2D eigenvalue weighted by molar-refractivity contribution is 9.10. The number of rotatable bonds is 4. The number of ether oxygens (including phenoxy) is 1. The first-order valence-electron chi connectivity index (χ1n) is 6.03. The van der Waals surface area contributed by atoms with Crippen LogP contribution in [0.5, 0.6) is 5.75 Å². The number of methoxy groups -OCH3 is 1. The Labute approximate surface area is 131 Å². The van der Waals surface area contributed by atoms with Gasteiger partial charge in [0.05, 0.1) is 12.8 Å². The van der Waals surface area contributed by atoms with Crippen molar-refractivity contribution in [1.29, 1.82) is 0 Å². The maximum absolute atomic E-state index is 13.8. The van der Waals surface area contributed by atoms with Crippen molar-refractivity contribution < 1.29 is 9.13 Å². The van der Waals surface area contributed by atoms with E-state index in [0.29, 0.717) is 22.9 Å². The third-order valence-electron chi connectivity index (χ3n) is 2.97. The number of benzene rings is 2. The van der Waals surface area contributed by atoms with Crippen LogP contribution in [0.3, 0.4) is 0 Å². The van der Waals surface area contributed by atoms with E-state index in [1.165, 1.54) is 6.07 Å². The number of nitrogens with one attached hydrogen (secondary N) is 1. The van der Waals surface area contributed by atoms with Gasteiger partial charge in [0.2, 0.25) is 0 Å². The zero-order chi connectivity index (χ0) is 14.7. The van der Waals surface area contributed by atoms with Crippen LogP contribution < -0.4 is 10.1 Å². The summed E-state index contributed by atoms with van der Waals surface area (Å²) in [7, 11) is 1.58. The Morgan fingerprint density at radius 3 is 2.70 bits per heavy atom. The molecule has 20 heavy (non-hydrogen) atoms. The second-order valence-corrected chi connectivity index (χ2v) is 5.71. The van der Waals surface area contributed by atoms with Gasteiger partial charge in [-0.1, -0.05) is 33.6 Å². The molecule has 0 aliphatic rings. The van der Waals surface area contributed by atoms with E-state index in [2.05, 4.69) is 21.2 Å². The summed E-state index contributed by atoms with van der Waals surface area (Å²) in [5.74, 6) is 0.384. The number of aryl methyl sites for hydroxylation is 1. The standard InChI is InChI=1S/C15H14BrClFNO/c1-9-5-14(15(20-2)7-12(9)17)19-8-10-3-4-11(16)6-13(10)18/h3-7,19H,8H2,1-2H3. The third-order valence-corrected chi connectivity index (χ3v) is 3.87. The van der Waals surface area contributed by atoms with Gasteiger partial charge in [-0.05, 0) is 30.7 Å². The highest BCUT2D eigenvalue weighted by Gasteiger charge is 2.08. The Balaban J connectivity index is 2.20. The second kappa shape index (κ2) is 6.46. The first-order chi connectivity index (χ1) is 9.51. The average Bonchev–Trinajstić information content (AvgIpc) is 2.41. The Hall–Kier alpha value is -1.26. The van der Waals surface area contributed by atoms with E-state index in [-0.39, 0.29) is 5.82 Å². The van der Waals surface area contributed by atoms with E-state index in [0.717, 1.165) is 15.7 Å². The van der Waals surface area contributed by atoms with Gasteiger partial charge in [-0.15, -0.1) is 0 Å². The van der Waals surface area contributed by atoms with E-state index in [4.69, 9.17) is 16.3 Å². The predicted molar refractivity (Wildman–Crippen MR) is 84.2 cm³/mol. The molecule has 5 heteroatoms. The molecular formula is C15H14BrClFNO. The molecule has 0 unspecified atom stereocenters. The topological polar surface area (TPSA) is 21.3 Å². The lowest BCUT2D eigenvalue weighted by Crippen LogP contribution is -2.03. The lowest BCUT2D eigenvalue weighted by molar-refractivity contribution is 0.416. The van der Waals surface area contributed by atoms with Crippen molar-refractivity contribution in [3.8, 4) is 5.75 Å². The van der Waals surface area contributed by atoms with Crippen molar-refractivity contribution in [3.05, 3.63) is 56.8 Å². The lowest BCUT2D eigenvalue weighted by Gasteiger charge is -2.13. The first-order valence-corrected chi connectivity index (χ1v) is 7.20. The average molecular weight is 359 g/mol. The number of halogens is 3. The van der Waals surface area contributed by atoms with Crippen LogP contribution >= 0.6 is 27.5 Å². The molecule has 0 amide bonds. The van der Waals surface area contributed by atoms with Gasteiger partial charge in [0.1, 0.15) is 11.6 Å². The molecule has 0 bridgehead atoms. The lowest BCUT2D eigenvalue weighted by atomic mass is 10.1. The van der Waals surface area contributed by atoms with Crippen molar-refractivity contribution >= 4 is 33.2 Å². The summed E-state index contributed by atoms with van der Waals surface area (Å²) in [6.07, 6.45) is 0. The molecule has 0 aliphatic carbocycles. The smallest absolute Gasteiger partial charge is 0.143 e. The minimum absolute atomic E-state index is 0.253. The van der Waals surface area contributed by atoms with Gasteiger partial charge in [0, 0.05) is 27.7 Å². The van der Waals surface area contributed by atoms with Gasteiger partial charge in [0.15, 0.2) is 0 Å². The molecule has 1 N–H and O–H groups in total. The van der Waals surface area contributed by atoms with Crippen LogP contribution in [0, 0.1) is 12.7 Å². The fourth-order valence-electron chi connectivity index (χ4n) is 1.83. The summed E-state index contributed by atoms with van der Waals surface area (Å²) >= 11 is 9.29. The van der Waals surface area contributed by atoms with Gasteiger partial charge in [-0.2, -0.15) is 0 Å². The van der Waals surface area contributed by atoms with Crippen molar-refractivity contribution in [2.24, 2.45) is 0 Å². The fourth-order valence-corrected chi connectivity index (χ4v) is 2.31. The molecular weight excluding hydrogens is 345 g/mol. The maximum atomic E-state index is 13.8. The van der Waals surface area contributed by atoms with Crippen LogP contribution in [0.4, 0.5) is 10.1 Å². The van der Waals surface area contributed by atoms with Crippen LogP contribution in [0.2, 0.25) is 5.02 Å². The van der Waals surface area contributed by atoms with Crippen molar-refractivity contribution in [2.75, 3.05) is 12.4 Å². The number of hydrogen-bond donors (Lipinski definition) is 1. The minimum atomic E-state index is -0.253. The molecule has 2 aromatic carbocycles. The SMILES string of the molecule is COc1cc(Cl)c(C)cc1NCc1ccc(Br)cc1F. The Morgan fingerprint density at radius 2 is 2.05 bits per heavy atom. The molecule has 0 atom stereocenters. The van der Waals surface area contributed by atoms with Gasteiger partial charge < -0.3 is 10.1 Å². The normalized spacial score (nSPS) is 10.4. The van der Waals surface area contributed by atoms with Crippen LogP contribution in [0.15, 0.2) is 34.8 Å². The molecule has 2 aromatic rings. The van der Waals surface area contributed by atoms with Gasteiger partial charge in [0.25, 0.3) is 0 Å².